The summed E-state index contributed by atoms with van der Waals surface area (Å²) in [6.45, 7) is -0.0919. The van der Waals surface area contributed by atoms with Crippen LogP contribution in [0.15, 0.2) is 12.4 Å². The summed E-state index contributed by atoms with van der Waals surface area (Å²) in [6.07, 6.45) is 4.13. The van der Waals surface area contributed by atoms with Crippen LogP contribution >= 0.6 is 0 Å². The van der Waals surface area contributed by atoms with E-state index in [9.17, 15) is 0 Å². The summed E-state index contributed by atoms with van der Waals surface area (Å²) in [5, 5.41) is 21.3. The lowest BCUT2D eigenvalue weighted by Gasteiger charge is -2.00. The van der Waals surface area contributed by atoms with Gasteiger partial charge in [-0.25, -0.2) is 0 Å². The molecule has 0 bridgehead atoms. The topological polar surface area (TPSA) is 61.8 Å². The first kappa shape index (κ1) is 8.75. The molecule has 1 aromatic heterocycles. The van der Waals surface area contributed by atoms with Crippen molar-refractivity contribution in [2.45, 2.75) is 6.42 Å². The Hall–Kier alpha value is -1.34. The van der Waals surface area contributed by atoms with E-state index in [0.717, 1.165) is 5.56 Å². The molecule has 1 rings (SSSR count). The van der Waals surface area contributed by atoms with Crippen molar-refractivity contribution in [3.63, 3.8) is 0 Å². The van der Waals surface area contributed by atoms with Gasteiger partial charge in [0.05, 0.1) is 24.8 Å². The van der Waals surface area contributed by atoms with Gasteiger partial charge in [0.15, 0.2) is 0 Å². The number of aromatic nitrogens is 2. The van der Waals surface area contributed by atoms with Crippen molar-refractivity contribution in [2.24, 2.45) is 13.0 Å². The van der Waals surface area contributed by atoms with Gasteiger partial charge in [-0.05, 0) is 12.0 Å². The van der Waals surface area contributed by atoms with E-state index in [1.54, 1.807) is 10.9 Å². The Kier molecular flexibility index (Phi) is 2.83. The molecule has 0 saturated carbocycles. The van der Waals surface area contributed by atoms with Crippen LogP contribution in [-0.2, 0) is 13.5 Å². The molecule has 0 aliphatic carbocycles. The second kappa shape index (κ2) is 3.88. The number of aryl methyl sites for hydroxylation is 1. The van der Waals surface area contributed by atoms with Gasteiger partial charge in [0.2, 0.25) is 0 Å². The lowest BCUT2D eigenvalue weighted by molar-refractivity contribution is 0.255. The molecule has 1 atom stereocenters. The van der Waals surface area contributed by atoms with Crippen LogP contribution in [-0.4, -0.2) is 21.5 Å². The van der Waals surface area contributed by atoms with E-state index in [4.69, 9.17) is 10.4 Å². The maximum absolute atomic E-state index is 8.74. The molecule has 1 aromatic rings. The molecule has 64 valence electrons. The molecule has 12 heavy (non-hydrogen) atoms. The summed E-state index contributed by atoms with van der Waals surface area (Å²) in [5.41, 5.74) is 0.984. The van der Waals surface area contributed by atoms with Gasteiger partial charge in [-0.3, -0.25) is 4.68 Å². The Morgan fingerprint density at radius 1 is 1.83 bits per heavy atom. The molecule has 0 fully saturated rings. The Bertz CT molecular complexity index is 287. The largest absolute Gasteiger partial charge is 0.395 e. The normalized spacial score (nSPS) is 12.4. The SMILES string of the molecule is Cn1cc(CC(C#N)CO)cn1. The van der Waals surface area contributed by atoms with Crippen LogP contribution in [0.4, 0.5) is 0 Å². The molecule has 0 aliphatic heterocycles. The zero-order chi connectivity index (χ0) is 8.97. The molecule has 4 nitrogen and oxygen atoms in total. The Balaban J connectivity index is 2.58. The van der Waals surface area contributed by atoms with Crippen molar-refractivity contribution in [3.8, 4) is 6.07 Å². The van der Waals surface area contributed by atoms with Crippen LogP contribution in [0.3, 0.4) is 0 Å². The molecular formula is C8H11N3O. The number of nitriles is 1. The third kappa shape index (κ3) is 2.07. The highest BCUT2D eigenvalue weighted by molar-refractivity contribution is 5.07. The third-order valence-corrected chi connectivity index (χ3v) is 1.64. The van der Waals surface area contributed by atoms with E-state index < -0.39 is 0 Å². The minimum absolute atomic E-state index is 0.0919. The lowest BCUT2D eigenvalue weighted by Crippen LogP contribution is -2.05. The van der Waals surface area contributed by atoms with Crippen LogP contribution < -0.4 is 0 Å². The molecule has 1 heterocycles. The molecule has 0 aliphatic rings. The molecule has 0 amide bonds. The van der Waals surface area contributed by atoms with Crippen molar-refractivity contribution in [3.05, 3.63) is 18.0 Å². The smallest absolute Gasteiger partial charge is 0.0735 e. The fourth-order valence-electron chi connectivity index (χ4n) is 1.01. The maximum atomic E-state index is 8.74. The zero-order valence-corrected chi connectivity index (χ0v) is 6.94. The van der Waals surface area contributed by atoms with Gasteiger partial charge in [0.1, 0.15) is 0 Å². The minimum atomic E-state index is -0.311. The van der Waals surface area contributed by atoms with Crippen LogP contribution in [0.1, 0.15) is 5.56 Å². The molecule has 4 heteroatoms. The first-order valence-electron chi connectivity index (χ1n) is 3.74. The fraction of sp³-hybridized carbons (Fsp3) is 0.500. The molecule has 0 radical (unpaired) electrons. The number of hydrogen-bond donors (Lipinski definition) is 1. The molecule has 0 saturated heterocycles. The molecular weight excluding hydrogens is 154 g/mol. The number of nitrogens with zero attached hydrogens (tertiary/aromatic N) is 3. The number of aliphatic hydroxyl groups is 1. The predicted octanol–water partition coefficient (Wildman–Crippen LogP) is 0.0947. The number of hydrogen-bond acceptors (Lipinski definition) is 3. The summed E-state index contributed by atoms with van der Waals surface area (Å²) >= 11 is 0. The van der Waals surface area contributed by atoms with Crippen LogP contribution in [0.5, 0.6) is 0 Å². The average Bonchev–Trinajstić information content (AvgIpc) is 2.47. The van der Waals surface area contributed by atoms with Gasteiger partial charge < -0.3 is 5.11 Å². The van der Waals surface area contributed by atoms with Crippen LogP contribution in [0, 0.1) is 17.2 Å². The molecule has 0 spiro atoms. The summed E-state index contributed by atoms with van der Waals surface area (Å²) in [5.74, 6) is -0.311. The summed E-state index contributed by atoms with van der Waals surface area (Å²) in [4.78, 5) is 0. The average molecular weight is 165 g/mol. The summed E-state index contributed by atoms with van der Waals surface area (Å²) in [6, 6.07) is 2.02. The maximum Gasteiger partial charge on any atom is 0.0735 e. The van der Waals surface area contributed by atoms with Gasteiger partial charge in [0, 0.05) is 13.2 Å². The van der Waals surface area contributed by atoms with Gasteiger partial charge in [0.25, 0.3) is 0 Å². The van der Waals surface area contributed by atoms with Crippen LogP contribution in [0.2, 0.25) is 0 Å². The molecule has 1 unspecified atom stereocenters. The quantitative estimate of drug-likeness (QED) is 0.690. The Morgan fingerprint density at radius 3 is 3.00 bits per heavy atom. The predicted molar refractivity (Wildman–Crippen MR) is 43.1 cm³/mol. The van der Waals surface area contributed by atoms with Crippen molar-refractivity contribution < 1.29 is 5.11 Å². The van der Waals surface area contributed by atoms with Gasteiger partial charge in [-0.2, -0.15) is 10.4 Å². The van der Waals surface area contributed by atoms with Crippen molar-refractivity contribution >= 4 is 0 Å². The monoisotopic (exact) mass is 165 g/mol. The molecule has 0 aromatic carbocycles. The second-order valence-corrected chi connectivity index (χ2v) is 2.73. The van der Waals surface area contributed by atoms with Crippen molar-refractivity contribution in [1.29, 1.82) is 5.26 Å². The standard InChI is InChI=1S/C8H11N3O/c1-11-5-8(4-10-11)2-7(3-9)6-12/h4-5,7,12H,2,6H2,1H3. The van der Waals surface area contributed by atoms with E-state index in [1.165, 1.54) is 0 Å². The van der Waals surface area contributed by atoms with Gasteiger partial charge >= 0.3 is 0 Å². The highest BCUT2D eigenvalue weighted by Gasteiger charge is 2.07. The highest BCUT2D eigenvalue weighted by atomic mass is 16.3. The first-order chi connectivity index (χ1) is 5.76. The molecule has 1 N–H and O–H groups in total. The summed E-state index contributed by atoms with van der Waals surface area (Å²) in [7, 11) is 1.82. The zero-order valence-electron chi connectivity index (χ0n) is 6.94. The van der Waals surface area contributed by atoms with E-state index in [2.05, 4.69) is 5.10 Å². The van der Waals surface area contributed by atoms with Gasteiger partial charge in [-0.15, -0.1) is 0 Å². The van der Waals surface area contributed by atoms with Crippen LogP contribution in [0.25, 0.3) is 0 Å². The lowest BCUT2D eigenvalue weighted by atomic mass is 10.1. The van der Waals surface area contributed by atoms with Crippen molar-refractivity contribution in [1.82, 2.24) is 9.78 Å². The Morgan fingerprint density at radius 2 is 2.58 bits per heavy atom. The number of aliphatic hydroxyl groups excluding tert-OH is 1. The second-order valence-electron chi connectivity index (χ2n) is 2.73. The Labute approximate surface area is 71.1 Å². The van der Waals surface area contributed by atoms with E-state index in [1.807, 2.05) is 19.3 Å². The number of rotatable bonds is 3. The first-order valence-corrected chi connectivity index (χ1v) is 3.74. The third-order valence-electron chi connectivity index (χ3n) is 1.64. The van der Waals surface area contributed by atoms with Gasteiger partial charge in [-0.1, -0.05) is 0 Å². The van der Waals surface area contributed by atoms with E-state index in [-0.39, 0.29) is 12.5 Å². The minimum Gasteiger partial charge on any atom is -0.395 e. The fourth-order valence-corrected chi connectivity index (χ4v) is 1.01. The highest BCUT2D eigenvalue weighted by Crippen LogP contribution is 2.05. The summed E-state index contributed by atoms with van der Waals surface area (Å²) < 4.78 is 1.68. The van der Waals surface area contributed by atoms with E-state index in [0.29, 0.717) is 6.42 Å². The van der Waals surface area contributed by atoms with E-state index >= 15 is 0 Å². The van der Waals surface area contributed by atoms with Crippen molar-refractivity contribution in [2.75, 3.05) is 6.61 Å².